The Hall–Kier alpha value is -1.43. The fraction of sp³-hybridized carbons (Fsp3) is 0.850. The van der Waals surface area contributed by atoms with Crippen LogP contribution in [-0.2, 0) is 14.4 Å². The topological polar surface area (TPSA) is 69.7 Å². The van der Waals surface area contributed by atoms with E-state index in [2.05, 4.69) is 31.0 Å². The lowest BCUT2D eigenvalue weighted by atomic mass is 9.46. The minimum atomic E-state index is -0.681. The van der Waals surface area contributed by atoms with E-state index in [9.17, 15) is 14.4 Å². The van der Waals surface area contributed by atoms with Crippen LogP contribution in [-0.4, -0.2) is 59.2 Å². The summed E-state index contributed by atoms with van der Waals surface area (Å²) in [5, 5.41) is 2.57. The Kier molecular flexibility index (Phi) is 3.02. The highest BCUT2D eigenvalue weighted by Crippen LogP contribution is 2.66. The molecular formula is C20H29N3O3. The molecule has 3 amide bonds. The van der Waals surface area contributed by atoms with Crippen molar-refractivity contribution in [1.82, 2.24) is 15.1 Å². The van der Waals surface area contributed by atoms with Crippen LogP contribution >= 0.6 is 0 Å². The first kappa shape index (κ1) is 16.7. The maximum atomic E-state index is 13.6. The van der Waals surface area contributed by atoms with Gasteiger partial charge in [0, 0.05) is 26.1 Å². The van der Waals surface area contributed by atoms with E-state index in [1.54, 1.807) is 0 Å². The van der Waals surface area contributed by atoms with E-state index in [0.717, 1.165) is 25.9 Å². The van der Waals surface area contributed by atoms with Crippen LogP contribution < -0.4 is 5.32 Å². The van der Waals surface area contributed by atoms with Gasteiger partial charge in [0.25, 0.3) is 0 Å². The SMILES string of the molecule is C[C@H]1CCN2C[C@H]3C4C[C@]5(CC(=O)NC5=O)C(C)(C)[C@@H]3C[C@]12C(=O)N4C. The van der Waals surface area contributed by atoms with Crippen LogP contribution in [0.2, 0.25) is 0 Å². The van der Waals surface area contributed by atoms with E-state index in [4.69, 9.17) is 0 Å². The highest BCUT2D eigenvalue weighted by molar-refractivity contribution is 6.06. The Bertz CT molecular complexity index is 734. The van der Waals surface area contributed by atoms with E-state index in [-0.39, 0.29) is 41.5 Å². The Morgan fingerprint density at radius 3 is 2.54 bits per heavy atom. The van der Waals surface area contributed by atoms with Gasteiger partial charge in [-0.05, 0) is 49.0 Å². The number of rotatable bonds is 0. The van der Waals surface area contributed by atoms with Gasteiger partial charge >= 0.3 is 0 Å². The van der Waals surface area contributed by atoms with Gasteiger partial charge in [-0.1, -0.05) is 20.8 Å². The van der Waals surface area contributed by atoms with Crippen molar-refractivity contribution in [3.8, 4) is 0 Å². The van der Waals surface area contributed by atoms with Crippen LogP contribution in [0.3, 0.4) is 0 Å². The van der Waals surface area contributed by atoms with E-state index >= 15 is 0 Å². The Labute approximate surface area is 154 Å². The van der Waals surface area contributed by atoms with Gasteiger partial charge in [0.15, 0.2) is 0 Å². The molecule has 2 spiro atoms. The maximum absolute atomic E-state index is 13.6. The van der Waals surface area contributed by atoms with Crippen molar-refractivity contribution >= 4 is 17.7 Å². The lowest BCUT2D eigenvalue weighted by Crippen LogP contribution is -2.65. The first-order valence-electron chi connectivity index (χ1n) is 10.0. The van der Waals surface area contributed by atoms with Crippen molar-refractivity contribution in [2.45, 2.75) is 58.0 Å². The first-order valence-corrected chi connectivity index (χ1v) is 10.0. The summed E-state index contributed by atoms with van der Waals surface area (Å²) in [6, 6.07) is 0.0503. The van der Waals surface area contributed by atoms with Crippen LogP contribution in [0.4, 0.5) is 0 Å². The predicted molar refractivity (Wildman–Crippen MR) is 94.8 cm³/mol. The molecule has 0 aromatic rings. The van der Waals surface area contributed by atoms with Crippen LogP contribution in [0.25, 0.3) is 0 Å². The summed E-state index contributed by atoms with van der Waals surface area (Å²) >= 11 is 0. The summed E-state index contributed by atoms with van der Waals surface area (Å²) in [6.07, 6.45) is 2.77. The molecule has 1 aliphatic carbocycles. The van der Waals surface area contributed by atoms with E-state index < -0.39 is 11.0 Å². The van der Waals surface area contributed by atoms with Crippen molar-refractivity contribution in [3.05, 3.63) is 0 Å². The maximum Gasteiger partial charge on any atom is 0.243 e. The van der Waals surface area contributed by atoms with Gasteiger partial charge in [0.05, 0.1) is 5.41 Å². The average Bonchev–Trinajstić information content (AvgIpc) is 3.02. The number of hydrogen-bond acceptors (Lipinski definition) is 4. The number of carbonyl (C=O) groups is 3. The molecule has 0 radical (unpaired) electrons. The quantitative estimate of drug-likeness (QED) is 0.656. The molecule has 6 heteroatoms. The molecule has 6 atom stereocenters. The van der Waals surface area contributed by atoms with Gasteiger partial charge in [-0.15, -0.1) is 0 Å². The first-order chi connectivity index (χ1) is 12.1. The zero-order chi connectivity index (χ0) is 18.6. The lowest BCUT2D eigenvalue weighted by Gasteiger charge is -2.60. The molecule has 1 N–H and O–H groups in total. The fourth-order valence-corrected chi connectivity index (χ4v) is 7.50. The summed E-state index contributed by atoms with van der Waals surface area (Å²) in [5.74, 6) is 0.973. The zero-order valence-corrected chi connectivity index (χ0v) is 16.2. The molecule has 1 saturated carbocycles. The molecule has 4 bridgehead atoms. The monoisotopic (exact) mass is 359 g/mol. The third-order valence-electron chi connectivity index (χ3n) is 9.24. The molecule has 5 aliphatic heterocycles. The minimum absolute atomic E-state index is 0.0503. The lowest BCUT2D eigenvalue weighted by molar-refractivity contribution is -0.158. The molecule has 1 unspecified atom stereocenters. The Balaban J connectivity index is 1.69. The zero-order valence-electron chi connectivity index (χ0n) is 16.2. The van der Waals surface area contributed by atoms with E-state index in [1.165, 1.54) is 0 Å². The normalized spacial score (nSPS) is 49.5. The summed E-state index contributed by atoms with van der Waals surface area (Å²) in [4.78, 5) is 43.1. The van der Waals surface area contributed by atoms with Gasteiger partial charge in [-0.3, -0.25) is 24.6 Å². The highest BCUT2D eigenvalue weighted by atomic mass is 16.2. The van der Waals surface area contributed by atoms with Crippen molar-refractivity contribution in [3.63, 3.8) is 0 Å². The fourth-order valence-electron chi connectivity index (χ4n) is 7.50. The van der Waals surface area contributed by atoms with Gasteiger partial charge in [-0.2, -0.15) is 0 Å². The second-order valence-electron chi connectivity index (χ2n) is 10.1. The molecule has 5 saturated heterocycles. The Morgan fingerprint density at radius 2 is 1.88 bits per heavy atom. The van der Waals surface area contributed by atoms with Crippen molar-refractivity contribution in [2.24, 2.45) is 28.6 Å². The van der Waals surface area contributed by atoms with Crippen LogP contribution in [0, 0.1) is 28.6 Å². The van der Waals surface area contributed by atoms with Crippen molar-refractivity contribution < 1.29 is 14.4 Å². The molecule has 6 rings (SSSR count). The standard InChI is InChI=1S/C20H29N3O3/c1-11-5-6-23-10-12-13-7-20(11,23)17(26)22(4)14(12)8-19(18(13,2)3)9-15(24)21-16(19)25/h11-14H,5-10H2,1-4H3,(H,21,24,25)/t11-,12+,13+,14?,19+,20+/m0/s1. The molecule has 6 fully saturated rings. The van der Waals surface area contributed by atoms with Gasteiger partial charge < -0.3 is 4.90 Å². The number of nitrogens with zero attached hydrogens (tertiary/aromatic N) is 2. The number of imide groups is 1. The minimum Gasteiger partial charge on any atom is -0.341 e. The second-order valence-corrected chi connectivity index (χ2v) is 10.1. The molecular weight excluding hydrogens is 330 g/mol. The van der Waals surface area contributed by atoms with E-state index in [1.807, 2.05) is 11.9 Å². The summed E-state index contributed by atoms with van der Waals surface area (Å²) in [6.45, 7) is 8.53. The predicted octanol–water partition coefficient (Wildman–Crippen LogP) is 1.01. The van der Waals surface area contributed by atoms with Crippen LogP contribution in [0.15, 0.2) is 0 Å². The smallest absolute Gasteiger partial charge is 0.243 e. The molecule has 0 aromatic carbocycles. The number of piperidine rings is 1. The van der Waals surface area contributed by atoms with Crippen LogP contribution in [0.5, 0.6) is 0 Å². The average molecular weight is 359 g/mol. The molecule has 6 aliphatic rings. The third kappa shape index (κ3) is 1.58. The van der Waals surface area contributed by atoms with Gasteiger partial charge in [-0.25, -0.2) is 0 Å². The number of likely N-dealkylation sites (N-methyl/N-ethyl adjacent to an activating group) is 1. The molecule has 26 heavy (non-hydrogen) atoms. The van der Waals surface area contributed by atoms with Crippen LogP contribution in [0.1, 0.15) is 46.5 Å². The highest BCUT2D eigenvalue weighted by Gasteiger charge is 2.72. The second kappa shape index (κ2) is 4.70. The summed E-state index contributed by atoms with van der Waals surface area (Å²) < 4.78 is 0. The molecule has 5 heterocycles. The van der Waals surface area contributed by atoms with Crippen molar-refractivity contribution in [2.75, 3.05) is 20.1 Å². The van der Waals surface area contributed by atoms with Gasteiger partial charge in [0.2, 0.25) is 17.7 Å². The molecule has 6 nitrogen and oxygen atoms in total. The summed E-state index contributed by atoms with van der Waals surface area (Å²) in [5.41, 5.74) is -1.39. The molecule has 142 valence electrons. The molecule has 0 aromatic heterocycles. The van der Waals surface area contributed by atoms with Gasteiger partial charge in [0.1, 0.15) is 5.54 Å². The van der Waals surface area contributed by atoms with Crippen molar-refractivity contribution in [1.29, 1.82) is 0 Å². The third-order valence-corrected chi connectivity index (χ3v) is 9.24. The Morgan fingerprint density at radius 1 is 1.15 bits per heavy atom. The number of fused-ring (bicyclic) bond motifs is 1. The largest absolute Gasteiger partial charge is 0.341 e. The number of amides is 3. The summed E-state index contributed by atoms with van der Waals surface area (Å²) in [7, 11) is 1.93. The number of nitrogens with one attached hydrogen (secondary N) is 1. The van der Waals surface area contributed by atoms with E-state index in [0.29, 0.717) is 18.3 Å². The number of hydrogen-bond donors (Lipinski definition) is 1. The number of carbonyl (C=O) groups excluding carboxylic acids is 3.